The van der Waals surface area contributed by atoms with Crippen LogP contribution >= 0.6 is 11.6 Å². The maximum atomic E-state index is 5.95. The van der Waals surface area contributed by atoms with E-state index in [9.17, 15) is 0 Å². The molecule has 0 aliphatic rings. The molecule has 1 unspecified atom stereocenters. The van der Waals surface area contributed by atoms with E-state index in [1.165, 1.54) is 5.56 Å². The van der Waals surface area contributed by atoms with Gasteiger partial charge in [-0.1, -0.05) is 44.5 Å². The Morgan fingerprint density at radius 1 is 1.21 bits per heavy atom. The van der Waals surface area contributed by atoms with Gasteiger partial charge in [0.2, 0.25) is 0 Å². The number of benzene rings is 1. The molecule has 2 nitrogen and oxygen atoms in total. The van der Waals surface area contributed by atoms with Crippen molar-refractivity contribution in [2.75, 3.05) is 26.7 Å². The van der Waals surface area contributed by atoms with E-state index in [0.29, 0.717) is 6.04 Å². The van der Waals surface area contributed by atoms with E-state index in [0.717, 1.165) is 37.0 Å². The predicted octanol–water partition coefficient (Wildman–Crippen LogP) is 3.97. The van der Waals surface area contributed by atoms with Crippen LogP contribution in [-0.4, -0.2) is 31.6 Å². The topological polar surface area (TPSA) is 15.3 Å². The smallest absolute Gasteiger partial charge is 0.0406 e. The number of nitrogens with zero attached hydrogens (tertiary/aromatic N) is 1. The molecule has 0 aliphatic carbocycles. The average molecular weight is 283 g/mol. The molecule has 0 saturated carbocycles. The van der Waals surface area contributed by atoms with Gasteiger partial charge in [0, 0.05) is 17.6 Å². The van der Waals surface area contributed by atoms with Crippen LogP contribution in [0.25, 0.3) is 0 Å². The van der Waals surface area contributed by atoms with Gasteiger partial charge in [0.15, 0.2) is 0 Å². The fourth-order valence-electron chi connectivity index (χ4n) is 2.39. The van der Waals surface area contributed by atoms with Crippen molar-refractivity contribution >= 4 is 11.6 Å². The second-order valence-corrected chi connectivity index (χ2v) is 6.04. The lowest BCUT2D eigenvalue weighted by atomic mass is 10.0. The van der Waals surface area contributed by atoms with E-state index in [1.807, 2.05) is 12.1 Å². The molecule has 1 aromatic rings. The van der Waals surface area contributed by atoms with E-state index >= 15 is 0 Å². The fraction of sp³-hybridized carbons (Fsp3) is 0.625. The highest BCUT2D eigenvalue weighted by Gasteiger charge is 2.11. The number of halogens is 1. The first kappa shape index (κ1) is 16.5. The molecule has 1 rings (SSSR count). The molecule has 1 aromatic carbocycles. The summed E-state index contributed by atoms with van der Waals surface area (Å²) in [7, 11) is 2.20. The normalized spacial score (nSPS) is 13.2. The van der Waals surface area contributed by atoms with Crippen LogP contribution in [0, 0.1) is 5.92 Å². The molecule has 0 fully saturated rings. The Morgan fingerprint density at radius 2 is 1.84 bits per heavy atom. The van der Waals surface area contributed by atoms with Crippen LogP contribution in [0.2, 0.25) is 5.02 Å². The summed E-state index contributed by atoms with van der Waals surface area (Å²) in [6.45, 7) is 9.93. The van der Waals surface area contributed by atoms with Crippen molar-refractivity contribution in [2.24, 2.45) is 5.92 Å². The fourth-order valence-corrected chi connectivity index (χ4v) is 2.52. The van der Waals surface area contributed by atoms with Crippen LogP contribution in [0.1, 0.15) is 38.8 Å². The number of nitrogens with one attached hydrogen (secondary N) is 1. The molecule has 0 aliphatic heterocycles. The van der Waals surface area contributed by atoms with Gasteiger partial charge < -0.3 is 10.2 Å². The summed E-state index contributed by atoms with van der Waals surface area (Å²) in [5, 5.41) is 4.36. The van der Waals surface area contributed by atoms with Gasteiger partial charge in [-0.3, -0.25) is 0 Å². The summed E-state index contributed by atoms with van der Waals surface area (Å²) in [5.74, 6) is 0.720. The molecular formula is C16H27ClN2. The quantitative estimate of drug-likeness (QED) is 0.776. The Bertz CT molecular complexity index is 348. The highest BCUT2D eigenvalue weighted by Crippen LogP contribution is 2.19. The Labute approximate surface area is 123 Å². The van der Waals surface area contributed by atoms with E-state index < -0.39 is 0 Å². The Hall–Kier alpha value is -0.570. The molecule has 3 heteroatoms. The van der Waals surface area contributed by atoms with Crippen LogP contribution < -0.4 is 5.32 Å². The molecule has 1 atom stereocenters. The van der Waals surface area contributed by atoms with E-state index in [-0.39, 0.29) is 0 Å². The summed E-state index contributed by atoms with van der Waals surface area (Å²) in [5.41, 5.74) is 1.32. The molecule has 0 saturated heterocycles. The molecule has 108 valence electrons. The average Bonchev–Trinajstić information content (AvgIpc) is 2.35. The van der Waals surface area contributed by atoms with Gasteiger partial charge >= 0.3 is 0 Å². The number of rotatable bonds is 8. The van der Waals surface area contributed by atoms with Gasteiger partial charge in [-0.25, -0.2) is 0 Å². The molecule has 0 radical (unpaired) electrons. The Balaban J connectivity index is 2.55. The van der Waals surface area contributed by atoms with Crippen LogP contribution in [0.15, 0.2) is 24.3 Å². The van der Waals surface area contributed by atoms with Crippen molar-refractivity contribution in [3.05, 3.63) is 34.9 Å². The largest absolute Gasteiger partial charge is 0.310 e. The van der Waals surface area contributed by atoms with E-state index in [4.69, 9.17) is 11.6 Å². The summed E-state index contributed by atoms with van der Waals surface area (Å²) in [6, 6.07) is 8.60. The van der Waals surface area contributed by atoms with Crippen LogP contribution in [0.3, 0.4) is 0 Å². The maximum absolute atomic E-state index is 5.95. The molecule has 0 bridgehead atoms. The highest BCUT2D eigenvalue weighted by atomic mass is 35.5. The second-order valence-electron chi connectivity index (χ2n) is 5.61. The monoisotopic (exact) mass is 282 g/mol. The van der Waals surface area contributed by atoms with Crippen molar-refractivity contribution in [1.82, 2.24) is 10.2 Å². The van der Waals surface area contributed by atoms with Crippen molar-refractivity contribution in [2.45, 2.75) is 33.2 Å². The summed E-state index contributed by atoms with van der Waals surface area (Å²) >= 11 is 5.95. The lowest BCUT2D eigenvalue weighted by molar-refractivity contribution is 0.277. The second kappa shape index (κ2) is 8.57. The van der Waals surface area contributed by atoms with Crippen LogP contribution in [-0.2, 0) is 0 Å². The zero-order valence-electron chi connectivity index (χ0n) is 12.6. The maximum Gasteiger partial charge on any atom is 0.0406 e. The van der Waals surface area contributed by atoms with Crippen molar-refractivity contribution in [1.29, 1.82) is 0 Å². The van der Waals surface area contributed by atoms with Gasteiger partial charge in [-0.05, 0) is 50.2 Å². The van der Waals surface area contributed by atoms with E-state index in [2.05, 4.69) is 50.2 Å². The minimum absolute atomic E-state index is 0.414. The highest BCUT2D eigenvalue weighted by molar-refractivity contribution is 6.30. The lowest BCUT2D eigenvalue weighted by Crippen LogP contribution is -2.29. The van der Waals surface area contributed by atoms with E-state index in [1.54, 1.807) is 0 Å². The van der Waals surface area contributed by atoms with Crippen molar-refractivity contribution in [3.63, 3.8) is 0 Å². The number of hydrogen-bond donors (Lipinski definition) is 1. The third-order valence-electron chi connectivity index (χ3n) is 3.20. The van der Waals surface area contributed by atoms with Crippen LogP contribution in [0.4, 0.5) is 0 Å². The third-order valence-corrected chi connectivity index (χ3v) is 3.45. The number of hydrogen-bond acceptors (Lipinski definition) is 2. The van der Waals surface area contributed by atoms with Gasteiger partial charge in [0.05, 0.1) is 0 Å². The zero-order chi connectivity index (χ0) is 14.3. The van der Waals surface area contributed by atoms with Gasteiger partial charge in [-0.15, -0.1) is 0 Å². The minimum atomic E-state index is 0.414. The molecule has 0 amide bonds. The molecular weight excluding hydrogens is 256 g/mol. The zero-order valence-corrected chi connectivity index (χ0v) is 13.4. The van der Waals surface area contributed by atoms with Crippen LogP contribution in [0.5, 0.6) is 0 Å². The van der Waals surface area contributed by atoms with Gasteiger partial charge in [-0.2, -0.15) is 0 Å². The Kier molecular flexibility index (Phi) is 7.44. The molecule has 1 N–H and O–H groups in total. The summed E-state index contributed by atoms with van der Waals surface area (Å²) < 4.78 is 0. The summed E-state index contributed by atoms with van der Waals surface area (Å²) in [6.07, 6.45) is 1.12. The third kappa shape index (κ3) is 6.42. The first-order chi connectivity index (χ1) is 9.02. The van der Waals surface area contributed by atoms with Gasteiger partial charge in [0.25, 0.3) is 0 Å². The lowest BCUT2D eigenvalue weighted by Gasteiger charge is -2.24. The molecule has 0 heterocycles. The predicted molar refractivity (Wildman–Crippen MR) is 84.8 cm³/mol. The molecule has 0 aromatic heterocycles. The van der Waals surface area contributed by atoms with Crippen molar-refractivity contribution < 1.29 is 0 Å². The standard InChI is InChI=1S/C16H27ClN2/c1-5-18-16(10-11-19(4)12-13(2)3)14-6-8-15(17)9-7-14/h6-9,13,16,18H,5,10-12H2,1-4H3. The first-order valence-electron chi connectivity index (χ1n) is 7.20. The summed E-state index contributed by atoms with van der Waals surface area (Å²) in [4.78, 5) is 2.41. The Morgan fingerprint density at radius 3 is 2.37 bits per heavy atom. The van der Waals surface area contributed by atoms with Crippen molar-refractivity contribution in [3.8, 4) is 0 Å². The van der Waals surface area contributed by atoms with Gasteiger partial charge in [0.1, 0.15) is 0 Å². The minimum Gasteiger partial charge on any atom is -0.310 e. The SMILES string of the molecule is CCNC(CCN(C)CC(C)C)c1ccc(Cl)cc1. The molecule has 19 heavy (non-hydrogen) atoms. The molecule has 0 spiro atoms. The first-order valence-corrected chi connectivity index (χ1v) is 7.58.